The molecule has 0 aromatic heterocycles. The Balaban J connectivity index is 1.86. The van der Waals surface area contributed by atoms with E-state index in [2.05, 4.69) is 10.6 Å². The highest BCUT2D eigenvalue weighted by Crippen LogP contribution is 2.24. The molecule has 4 N–H and O–H groups in total. The SMILES string of the molecule is COc1ccc(C)cc1NC(=O)C[NH2+][C@@H](C)C(=O)Nc1ccc(C(C)=O)cc1. The summed E-state index contributed by atoms with van der Waals surface area (Å²) in [5.74, 6) is 0.0976. The van der Waals surface area contributed by atoms with Crippen molar-refractivity contribution in [3.8, 4) is 5.75 Å². The Labute approximate surface area is 164 Å². The molecule has 0 spiro atoms. The average Bonchev–Trinajstić information content (AvgIpc) is 2.66. The molecule has 0 aliphatic heterocycles. The lowest BCUT2D eigenvalue weighted by Gasteiger charge is -2.13. The number of ether oxygens (including phenoxy) is 1. The van der Waals surface area contributed by atoms with Crippen LogP contribution in [0, 0.1) is 6.92 Å². The third kappa shape index (κ3) is 5.92. The van der Waals surface area contributed by atoms with Crippen LogP contribution in [-0.2, 0) is 9.59 Å². The van der Waals surface area contributed by atoms with Crippen molar-refractivity contribution in [3.63, 3.8) is 0 Å². The van der Waals surface area contributed by atoms with Gasteiger partial charge in [0.2, 0.25) is 0 Å². The Morgan fingerprint density at radius 2 is 1.75 bits per heavy atom. The maximum atomic E-state index is 12.3. The van der Waals surface area contributed by atoms with Gasteiger partial charge >= 0.3 is 0 Å². The van der Waals surface area contributed by atoms with Crippen LogP contribution in [0.2, 0.25) is 0 Å². The van der Waals surface area contributed by atoms with E-state index >= 15 is 0 Å². The van der Waals surface area contributed by atoms with Gasteiger partial charge in [-0.25, -0.2) is 0 Å². The molecule has 7 nitrogen and oxygen atoms in total. The van der Waals surface area contributed by atoms with Crippen molar-refractivity contribution < 1.29 is 24.4 Å². The van der Waals surface area contributed by atoms with Gasteiger partial charge < -0.3 is 20.7 Å². The van der Waals surface area contributed by atoms with E-state index in [-0.39, 0.29) is 24.1 Å². The fourth-order valence-corrected chi connectivity index (χ4v) is 2.56. The van der Waals surface area contributed by atoms with Crippen LogP contribution in [-0.4, -0.2) is 37.3 Å². The van der Waals surface area contributed by atoms with Crippen molar-refractivity contribution in [2.75, 3.05) is 24.3 Å². The average molecular weight is 384 g/mol. The highest BCUT2D eigenvalue weighted by molar-refractivity contribution is 5.97. The minimum absolute atomic E-state index is 0.0316. The quantitative estimate of drug-likeness (QED) is 0.604. The number of rotatable bonds is 8. The van der Waals surface area contributed by atoms with Gasteiger partial charge in [-0.05, 0) is 62.7 Å². The van der Waals surface area contributed by atoms with E-state index in [1.807, 2.05) is 19.1 Å². The molecule has 0 bridgehead atoms. The highest BCUT2D eigenvalue weighted by atomic mass is 16.5. The van der Waals surface area contributed by atoms with E-state index in [1.165, 1.54) is 6.92 Å². The number of methoxy groups -OCH3 is 1. The second-order valence-electron chi connectivity index (χ2n) is 6.60. The number of nitrogens with two attached hydrogens (primary N) is 1. The molecule has 2 amide bonds. The summed E-state index contributed by atoms with van der Waals surface area (Å²) in [4.78, 5) is 35.8. The molecule has 0 heterocycles. The van der Waals surface area contributed by atoms with Crippen molar-refractivity contribution in [1.29, 1.82) is 0 Å². The van der Waals surface area contributed by atoms with E-state index in [0.29, 0.717) is 22.7 Å². The summed E-state index contributed by atoms with van der Waals surface area (Å²) in [7, 11) is 1.54. The molecule has 0 radical (unpaired) electrons. The van der Waals surface area contributed by atoms with E-state index in [9.17, 15) is 14.4 Å². The molecule has 0 saturated carbocycles. The Bertz CT molecular complexity index is 862. The molecule has 148 valence electrons. The molecule has 2 aromatic carbocycles. The fraction of sp³-hybridized carbons (Fsp3) is 0.286. The van der Waals surface area contributed by atoms with Gasteiger partial charge in [-0.1, -0.05) is 6.07 Å². The van der Waals surface area contributed by atoms with Gasteiger partial charge in [0.1, 0.15) is 5.75 Å². The molecule has 28 heavy (non-hydrogen) atoms. The molecular weight excluding hydrogens is 358 g/mol. The summed E-state index contributed by atoms with van der Waals surface area (Å²) >= 11 is 0. The van der Waals surface area contributed by atoms with Gasteiger partial charge in [0.15, 0.2) is 18.4 Å². The monoisotopic (exact) mass is 384 g/mol. The van der Waals surface area contributed by atoms with Crippen LogP contribution in [0.1, 0.15) is 29.8 Å². The summed E-state index contributed by atoms with van der Waals surface area (Å²) < 4.78 is 5.24. The van der Waals surface area contributed by atoms with Crippen LogP contribution in [0.25, 0.3) is 0 Å². The molecule has 2 rings (SSSR count). The summed E-state index contributed by atoms with van der Waals surface area (Å²) in [5.41, 5.74) is 2.79. The van der Waals surface area contributed by atoms with Crippen molar-refractivity contribution in [1.82, 2.24) is 0 Å². The third-order valence-electron chi connectivity index (χ3n) is 4.26. The zero-order chi connectivity index (χ0) is 20.7. The Kier molecular flexibility index (Phi) is 7.28. The maximum Gasteiger partial charge on any atom is 0.282 e. The van der Waals surface area contributed by atoms with Gasteiger partial charge in [0.25, 0.3) is 11.8 Å². The zero-order valence-electron chi connectivity index (χ0n) is 16.5. The first-order chi connectivity index (χ1) is 13.3. The normalized spacial score (nSPS) is 11.4. The lowest BCUT2D eigenvalue weighted by atomic mass is 10.1. The van der Waals surface area contributed by atoms with Gasteiger partial charge in [-0.2, -0.15) is 0 Å². The van der Waals surface area contributed by atoms with Crippen molar-refractivity contribution in [2.45, 2.75) is 26.8 Å². The number of carbonyl (C=O) groups is 3. The molecule has 0 unspecified atom stereocenters. The molecule has 0 fully saturated rings. The largest absolute Gasteiger partial charge is 0.495 e. The van der Waals surface area contributed by atoms with Crippen LogP contribution >= 0.6 is 0 Å². The van der Waals surface area contributed by atoms with Gasteiger partial charge in [0, 0.05) is 11.3 Å². The lowest BCUT2D eigenvalue weighted by Crippen LogP contribution is -2.93. The van der Waals surface area contributed by atoms with E-state index in [1.54, 1.807) is 49.7 Å². The number of amides is 2. The lowest BCUT2D eigenvalue weighted by molar-refractivity contribution is -0.662. The second kappa shape index (κ2) is 9.66. The minimum Gasteiger partial charge on any atom is -0.495 e. The van der Waals surface area contributed by atoms with Crippen LogP contribution in [0.5, 0.6) is 5.75 Å². The predicted octanol–water partition coefficient (Wildman–Crippen LogP) is 1.74. The number of hydrogen-bond acceptors (Lipinski definition) is 4. The molecular formula is C21H26N3O4+. The van der Waals surface area contributed by atoms with E-state index in [4.69, 9.17) is 4.74 Å². The number of ketones is 1. The summed E-state index contributed by atoms with van der Waals surface area (Å²) in [6.45, 7) is 5.23. The Morgan fingerprint density at radius 3 is 2.36 bits per heavy atom. The molecule has 0 aliphatic rings. The molecule has 0 saturated heterocycles. The zero-order valence-corrected chi connectivity index (χ0v) is 16.5. The first kappa shape index (κ1) is 21.1. The van der Waals surface area contributed by atoms with E-state index < -0.39 is 6.04 Å². The van der Waals surface area contributed by atoms with Crippen molar-refractivity contribution in [2.24, 2.45) is 0 Å². The standard InChI is InChI=1S/C21H25N3O4/c1-13-5-10-19(28-4)18(11-13)24-20(26)12-22-14(2)21(27)23-17-8-6-16(7-9-17)15(3)25/h5-11,14,22H,12H2,1-4H3,(H,23,27)(H,24,26)/p+1/t14-/m0/s1. The minimum atomic E-state index is -0.461. The fourth-order valence-electron chi connectivity index (χ4n) is 2.56. The van der Waals surface area contributed by atoms with Crippen LogP contribution < -0.4 is 20.7 Å². The smallest absolute Gasteiger partial charge is 0.282 e. The maximum absolute atomic E-state index is 12.3. The van der Waals surface area contributed by atoms with E-state index in [0.717, 1.165) is 5.56 Å². The number of hydrogen-bond donors (Lipinski definition) is 3. The van der Waals surface area contributed by atoms with Gasteiger partial charge in [-0.3, -0.25) is 14.4 Å². The van der Waals surface area contributed by atoms with Gasteiger partial charge in [-0.15, -0.1) is 0 Å². The number of nitrogens with one attached hydrogen (secondary N) is 2. The first-order valence-corrected chi connectivity index (χ1v) is 9.00. The third-order valence-corrected chi connectivity index (χ3v) is 4.26. The highest BCUT2D eigenvalue weighted by Gasteiger charge is 2.18. The summed E-state index contributed by atoms with van der Waals surface area (Å²) in [6.07, 6.45) is 0. The Morgan fingerprint density at radius 1 is 1.07 bits per heavy atom. The number of carbonyl (C=O) groups excluding carboxylic acids is 3. The molecule has 7 heteroatoms. The second-order valence-corrected chi connectivity index (χ2v) is 6.60. The molecule has 0 aliphatic carbocycles. The van der Waals surface area contributed by atoms with Crippen LogP contribution in [0.3, 0.4) is 0 Å². The van der Waals surface area contributed by atoms with Crippen molar-refractivity contribution >= 4 is 29.0 Å². The molecule has 2 aromatic rings. The Hall–Kier alpha value is -3.19. The van der Waals surface area contributed by atoms with Crippen molar-refractivity contribution in [3.05, 3.63) is 53.6 Å². The summed E-state index contributed by atoms with van der Waals surface area (Å²) in [5, 5.41) is 7.23. The van der Waals surface area contributed by atoms with Crippen LogP contribution in [0.15, 0.2) is 42.5 Å². The molecule has 1 atom stereocenters. The summed E-state index contributed by atoms with van der Waals surface area (Å²) in [6, 6.07) is 11.7. The topological polar surface area (TPSA) is 101 Å². The number of Topliss-reactive ketones (excluding diaryl/α,β-unsaturated/α-hetero) is 1. The number of quaternary nitrogens is 1. The number of benzene rings is 2. The van der Waals surface area contributed by atoms with Gasteiger partial charge in [0.05, 0.1) is 12.8 Å². The predicted molar refractivity (Wildman–Crippen MR) is 108 cm³/mol. The first-order valence-electron chi connectivity index (χ1n) is 9.00. The van der Waals surface area contributed by atoms with Crippen LogP contribution in [0.4, 0.5) is 11.4 Å². The number of anilines is 2. The number of aryl methyl sites for hydroxylation is 1.